The highest BCUT2D eigenvalue weighted by atomic mass is 32.1. The van der Waals surface area contributed by atoms with E-state index in [2.05, 4.69) is 21.6 Å². The summed E-state index contributed by atoms with van der Waals surface area (Å²) in [5.74, 6) is 0. The van der Waals surface area contributed by atoms with E-state index in [9.17, 15) is 9.36 Å². The van der Waals surface area contributed by atoms with Crippen LogP contribution in [0.4, 0.5) is 4.79 Å². The minimum Gasteiger partial charge on any atom is -0.465 e. The first kappa shape index (κ1) is 13.7. The van der Waals surface area contributed by atoms with Crippen LogP contribution in [0.5, 0.6) is 0 Å². The standard InChI is InChI=1S/C5H12NO6PS/c1-13(9,10)12-4(3-11-14)2-6-5(7)8/h4,6,14H,2-3H2,1H3,(H,7,8)(H,9,10)/t4-/m1/s1. The number of hydrogen-bond donors (Lipinski definition) is 4. The fourth-order valence-electron chi connectivity index (χ4n) is 0.687. The third-order valence-corrected chi connectivity index (χ3v) is 1.92. The van der Waals surface area contributed by atoms with Crippen LogP contribution < -0.4 is 5.32 Å². The molecule has 0 aromatic carbocycles. The fourth-order valence-corrected chi connectivity index (χ4v) is 1.54. The quantitative estimate of drug-likeness (QED) is 0.305. The van der Waals surface area contributed by atoms with E-state index in [0.717, 1.165) is 6.66 Å². The van der Waals surface area contributed by atoms with Gasteiger partial charge in [-0.2, -0.15) is 0 Å². The summed E-state index contributed by atoms with van der Waals surface area (Å²) in [6.07, 6.45) is -2.09. The van der Waals surface area contributed by atoms with Crippen molar-refractivity contribution in [2.75, 3.05) is 19.8 Å². The van der Waals surface area contributed by atoms with Crippen molar-refractivity contribution in [3.05, 3.63) is 0 Å². The largest absolute Gasteiger partial charge is 0.465 e. The SMILES string of the molecule is CP(=O)(O)O[C@H](CNC(=O)O)COS. The summed E-state index contributed by atoms with van der Waals surface area (Å²) in [6.45, 7) is 0.759. The van der Waals surface area contributed by atoms with Crippen molar-refractivity contribution in [2.24, 2.45) is 0 Å². The molecule has 0 saturated heterocycles. The van der Waals surface area contributed by atoms with Gasteiger partial charge in [-0.05, 0) is 12.9 Å². The molecule has 0 aromatic rings. The third-order valence-electron chi connectivity index (χ3n) is 1.09. The molecule has 3 N–H and O–H groups in total. The highest BCUT2D eigenvalue weighted by Gasteiger charge is 2.20. The summed E-state index contributed by atoms with van der Waals surface area (Å²) in [7, 11) is -3.66. The first-order valence-electron chi connectivity index (χ1n) is 3.57. The summed E-state index contributed by atoms with van der Waals surface area (Å²) in [4.78, 5) is 19.0. The van der Waals surface area contributed by atoms with Crippen LogP contribution in [-0.2, 0) is 13.3 Å². The van der Waals surface area contributed by atoms with Crippen LogP contribution >= 0.6 is 20.5 Å². The highest BCUT2D eigenvalue weighted by Crippen LogP contribution is 2.38. The van der Waals surface area contributed by atoms with E-state index in [1.165, 1.54) is 0 Å². The van der Waals surface area contributed by atoms with Crippen molar-refractivity contribution in [3.63, 3.8) is 0 Å². The molecular weight excluding hydrogens is 233 g/mol. The molecule has 0 spiro atoms. The number of carbonyl (C=O) groups is 1. The molecule has 1 amide bonds. The molecule has 84 valence electrons. The van der Waals surface area contributed by atoms with E-state index in [1.54, 1.807) is 0 Å². The molecule has 0 aliphatic rings. The Balaban J connectivity index is 4.02. The molecule has 9 heteroatoms. The molecular formula is C5H12NO6PS. The topological polar surface area (TPSA) is 105 Å². The monoisotopic (exact) mass is 245 g/mol. The Morgan fingerprint density at radius 1 is 1.71 bits per heavy atom. The molecule has 0 radical (unpaired) electrons. The molecule has 0 aliphatic carbocycles. The summed E-state index contributed by atoms with van der Waals surface area (Å²) in [5.41, 5.74) is 0. The molecule has 0 heterocycles. The lowest BCUT2D eigenvalue weighted by Crippen LogP contribution is -2.34. The Morgan fingerprint density at radius 2 is 2.29 bits per heavy atom. The second kappa shape index (κ2) is 6.26. The van der Waals surface area contributed by atoms with Gasteiger partial charge in [0.1, 0.15) is 6.10 Å². The highest BCUT2D eigenvalue weighted by molar-refractivity contribution is 7.75. The van der Waals surface area contributed by atoms with Gasteiger partial charge in [-0.3, -0.25) is 4.57 Å². The molecule has 0 bridgehead atoms. The summed E-state index contributed by atoms with van der Waals surface area (Å²) < 4.78 is 19.8. The molecule has 0 aromatic heterocycles. The number of thiol groups is 1. The van der Waals surface area contributed by atoms with Gasteiger partial charge in [0.05, 0.1) is 6.61 Å². The Bertz CT molecular complexity index is 230. The molecule has 14 heavy (non-hydrogen) atoms. The Labute approximate surface area is 86.6 Å². The molecule has 0 aliphatic heterocycles. The number of nitrogens with one attached hydrogen (secondary N) is 1. The third kappa shape index (κ3) is 8.33. The van der Waals surface area contributed by atoms with E-state index in [1.807, 2.05) is 5.32 Å². The van der Waals surface area contributed by atoms with Crippen molar-refractivity contribution >= 4 is 26.6 Å². The van der Waals surface area contributed by atoms with Gasteiger partial charge in [0, 0.05) is 13.2 Å². The van der Waals surface area contributed by atoms with Crippen LogP contribution in [0.15, 0.2) is 0 Å². The minimum atomic E-state index is -3.66. The molecule has 7 nitrogen and oxygen atoms in total. The minimum absolute atomic E-state index is 0.0955. The second-order valence-electron chi connectivity index (χ2n) is 2.51. The van der Waals surface area contributed by atoms with Crippen LogP contribution in [0.3, 0.4) is 0 Å². The van der Waals surface area contributed by atoms with Gasteiger partial charge in [-0.25, -0.2) is 4.79 Å². The van der Waals surface area contributed by atoms with Crippen LogP contribution in [-0.4, -0.2) is 42.0 Å². The zero-order valence-electron chi connectivity index (χ0n) is 7.41. The van der Waals surface area contributed by atoms with Crippen molar-refractivity contribution in [1.29, 1.82) is 0 Å². The van der Waals surface area contributed by atoms with Gasteiger partial charge >= 0.3 is 13.7 Å². The van der Waals surface area contributed by atoms with Gasteiger partial charge in [0.25, 0.3) is 0 Å². The molecule has 0 rings (SSSR count). The fraction of sp³-hybridized carbons (Fsp3) is 0.800. The first-order chi connectivity index (χ1) is 6.35. The predicted molar refractivity (Wildman–Crippen MR) is 51.6 cm³/mol. The molecule has 1 unspecified atom stereocenters. The Hall–Kier alpha value is -0.270. The van der Waals surface area contributed by atoms with E-state index in [4.69, 9.17) is 10.00 Å². The molecule has 0 saturated carbocycles. The zero-order valence-corrected chi connectivity index (χ0v) is 9.20. The van der Waals surface area contributed by atoms with Gasteiger partial charge in [0.2, 0.25) is 0 Å². The maximum Gasteiger partial charge on any atom is 0.404 e. The number of amides is 1. The lowest BCUT2D eigenvalue weighted by molar-refractivity contribution is 0.122. The van der Waals surface area contributed by atoms with E-state index >= 15 is 0 Å². The summed E-state index contributed by atoms with van der Waals surface area (Å²) in [6, 6.07) is 0. The normalized spacial score (nSPS) is 17.1. The zero-order chi connectivity index (χ0) is 11.2. The first-order valence-corrected chi connectivity index (χ1v) is 5.96. The van der Waals surface area contributed by atoms with Gasteiger partial charge in [0.15, 0.2) is 0 Å². The average molecular weight is 245 g/mol. The van der Waals surface area contributed by atoms with E-state index < -0.39 is 19.8 Å². The van der Waals surface area contributed by atoms with Crippen LogP contribution in [0.2, 0.25) is 0 Å². The number of carboxylic acid groups (broad SMARTS) is 1. The maximum atomic E-state index is 10.8. The van der Waals surface area contributed by atoms with Crippen molar-refractivity contribution < 1.29 is 28.1 Å². The predicted octanol–water partition coefficient (Wildman–Crippen LogP) is 0.316. The average Bonchev–Trinajstić information content (AvgIpc) is 1.98. The van der Waals surface area contributed by atoms with Crippen LogP contribution in [0, 0.1) is 0 Å². The van der Waals surface area contributed by atoms with Crippen LogP contribution in [0.25, 0.3) is 0 Å². The van der Waals surface area contributed by atoms with Crippen molar-refractivity contribution in [1.82, 2.24) is 5.32 Å². The molecule has 0 fully saturated rings. The Kier molecular flexibility index (Phi) is 6.14. The Morgan fingerprint density at radius 3 is 2.64 bits per heavy atom. The van der Waals surface area contributed by atoms with Crippen molar-refractivity contribution in [3.8, 4) is 0 Å². The van der Waals surface area contributed by atoms with Crippen LogP contribution in [0.1, 0.15) is 0 Å². The smallest absolute Gasteiger partial charge is 0.404 e. The summed E-state index contributed by atoms with van der Waals surface area (Å²) in [5, 5.41) is 10.3. The van der Waals surface area contributed by atoms with Gasteiger partial charge < -0.3 is 24.0 Å². The van der Waals surface area contributed by atoms with Gasteiger partial charge in [-0.15, -0.1) is 0 Å². The maximum absolute atomic E-state index is 10.8. The lowest BCUT2D eigenvalue weighted by Gasteiger charge is -2.17. The summed E-state index contributed by atoms with van der Waals surface area (Å²) >= 11 is 3.43. The van der Waals surface area contributed by atoms with E-state index in [-0.39, 0.29) is 13.2 Å². The second-order valence-corrected chi connectivity index (χ2v) is 4.59. The van der Waals surface area contributed by atoms with Crippen molar-refractivity contribution in [2.45, 2.75) is 6.10 Å². The van der Waals surface area contributed by atoms with Gasteiger partial charge in [-0.1, -0.05) is 0 Å². The number of rotatable bonds is 6. The number of hydrogen-bond acceptors (Lipinski definition) is 5. The van der Waals surface area contributed by atoms with E-state index in [0.29, 0.717) is 0 Å². The lowest BCUT2D eigenvalue weighted by atomic mass is 10.4. The molecule has 2 atom stereocenters.